The van der Waals surface area contributed by atoms with Gasteiger partial charge in [-0.15, -0.1) is 5.10 Å². The van der Waals surface area contributed by atoms with Gasteiger partial charge >= 0.3 is 0 Å². The van der Waals surface area contributed by atoms with Crippen LogP contribution in [0.25, 0.3) is 5.88 Å². The van der Waals surface area contributed by atoms with Crippen molar-refractivity contribution in [2.45, 2.75) is 46.8 Å². The molecular weight excluding hydrogens is 258 g/mol. The number of ether oxygens (including phenoxy) is 3. The van der Waals surface area contributed by atoms with Crippen LogP contribution in [-0.4, -0.2) is 35.6 Å². The first kappa shape index (κ1) is 16.7. The molecule has 0 aliphatic carbocycles. The van der Waals surface area contributed by atoms with Crippen molar-refractivity contribution in [3.05, 3.63) is 17.2 Å². The van der Waals surface area contributed by atoms with Crippen molar-refractivity contribution in [2.24, 2.45) is 0 Å². The van der Waals surface area contributed by atoms with E-state index in [1.807, 2.05) is 34.6 Å². The standard InChI is InChI=1S/C14H25N3O3/c1-8-20-14(9(2)3)17-13(11(5)19-7)15-12(16-17)10(4)18-6/h10-11H,8H2,1-7H3. The van der Waals surface area contributed by atoms with E-state index in [0.717, 1.165) is 5.57 Å². The Morgan fingerprint density at radius 2 is 1.75 bits per heavy atom. The molecule has 6 heteroatoms. The lowest BCUT2D eigenvalue weighted by molar-refractivity contribution is 0.106. The second-order valence-corrected chi connectivity index (χ2v) is 4.73. The van der Waals surface area contributed by atoms with E-state index in [2.05, 4.69) is 10.1 Å². The second-order valence-electron chi connectivity index (χ2n) is 4.73. The average molecular weight is 283 g/mol. The molecule has 6 nitrogen and oxygen atoms in total. The van der Waals surface area contributed by atoms with E-state index in [4.69, 9.17) is 14.2 Å². The number of rotatable bonds is 7. The highest BCUT2D eigenvalue weighted by Crippen LogP contribution is 2.23. The maximum Gasteiger partial charge on any atom is 0.214 e. The smallest absolute Gasteiger partial charge is 0.214 e. The third-order valence-electron chi connectivity index (χ3n) is 2.98. The summed E-state index contributed by atoms with van der Waals surface area (Å²) in [6, 6.07) is 0. The van der Waals surface area contributed by atoms with E-state index in [1.54, 1.807) is 18.9 Å². The van der Waals surface area contributed by atoms with Crippen molar-refractivity contribution in [3.8, 4) is 0 Å². The molecule has 1 aromatic rings. The summed E-state index contributed by atoms with van der Waals surface area (Å²) in [4.78, 5) is 4.52. The molecule has 1 heterocycles. The summed E-state index contributed by atoms with van der Waals surface area (Å²) in [6.07, 6.45) is -0.366. The van der Waals surface area contributed by atoms with Gasteiger partial charge < -0.3 is 14.2 Å². The van der Waals surface area contributed by atoms with E-state index < -0.39 is 0 Å². The van der Waals surface area contributed by atoms with E-state index in [1.165, 1.54) is 0 Å². The summed E-state index contributed by atoms with van der Waals surface area (Å²) >= 11 is 0. The van der Waals surface area contributed by atoms with Gasteiger partial charge in [0.2, 0.25) is 5.88 Å². The summed E-state index contributed by atoms with van der Waals surface area (Å²) in [6.45, 7) is 10.3. The molecule has 20 heavy (non-hydrogen) atoms. The third kappa shape index (κ3) is 3.58. The van der Waals surface area contributed by atoms with Crippen LogP contribution in [-0.2, 0) is 14.2 Å². The van der Waals surface area contributed by atoms with Gasteiger partial charge in [0.15, 0.2) is 11.6 Å². The van der Waals surface area contributed by atoms with Gasteiger partial charge in [-0.3, -0.25) is 0 Å². The molecule has 0 radical (unpaired) electrons. The number of hydrogen-bond acceptors (Lipinski definition) is 5. The van der Waals surface area contributed by atoms with Crippen LogP contribution in [0.4, 0.5) is 0 Å². The topological polar surface area (TPSA) is 58.4 Å². The highest BCUT2D eigenvalue weighted by molar-refractivity contribution is 5.41. The van der Waals surface area contributed by atoms with Gasteiger partial charge in [0.1, 0.15) is 12.2 Å². The van der Waals surface area contributed by atoms with Crippen LogP contribution in [0.5, 0.6) is 0 Å². The van der Waals surface area contributed by atoms with Crippen LogP contribution in [0.15, 0.2) is 5.57 Å². The normalized spacial score (nSPS) is 13.9. The number of hydrogen-bond donors (Lipinski definition) is 0. The van der Waals surface area contributed by atoms with Crippen molar-refractivity contribution in [1.82, 2.24) is 14.8 Å². The number of allylic oxidation sites excluding steroid dienone is 1. The summed E-state index contributed by atoms with van der Waals surface area (Å²) in [5.74, 6) is 2.01. The maximum absolute atomic E-state index is 5.70. The van der Waals surface area contributed by atoms with Crippen molar-refractivity contribution < 1.29 is 14.2 Å². The zero-order valence-corrected chi connectivity index (χ0v) is 13.4. The quantitative estimate of drug-likeness (QED) is 0.720. The van der Waals surface area contributed by atoms with Crippen LogP contribution in [0.1, 0.15) is 58.5 Å². The maximum atomic E-state index is 5.70. The van der Waals surface area contributed by atoms with Gasteiger partial charge in [-0.25, -0.2) is 4.98 Å². The van der Waals surface area contributed by atoms with Gasteiger partial charge in [0, 0.05) is 14.2 Å². The molecular formula is C14H25N3O3. The molecule has 0 bridgehead atoms. The molecule has 2 unspecified atom stereocenters. The molecule has 0 aromatic carbocycles. The molecule has 0 saturated heterocycles. The largest absolute Gasteiger partial charge is 0.478 e. The predicted octanol–water partition coefficient (Wildman–Crippen LogP) is 2.94. The lowest BCUT2D eigenvalue weighted by atomic mass is 10.3. The van der Waals surface area contributed by atoms with Crippen LogP contribution in [0.2, 0.25) is 0 Å². The fourth-order valence-corrected chi connectivity index (χ4v) is 1.69. The Hall–Kier alpha value is -1.40. The van der Waals surface area contributed by atoms with Gasteiger partial charge in [0.05, 0.1) is 6.61 Å². The summed E-state index contributed by atoms with van der Waals surface area (Å²) in [5, 5.41) is 4.51. The fourth-order valence-electron chi connectivity index (χ4n) is 1.69. The molecule has 0 aliphatic rings. The zero-order chi connectivity index (χ0) is 15.3. The van der Waals surface area contributed by atoms with Crippen molar-refractivity contribution >= 4 is 5.88 Å². The van der Waals surface area contributed by atoms with Crippen LogP contribution >= 0.6 is 0 Å². The zero-order valence-electron chi connectivity index (χ0n) is 13.4. The molecule has 0 fully saturated rings. The Bertz CT molecular complexity index is 464. The predicted molar refractivity (Wildman–Crippen MR) is 77.1 cm³/mol. The molecule has 1 aromatic heterocycles. The minimum atomic E-state index is -0.185. The molecule has 2 atom stereocenters. The Morgan fingerprint density at radius 3 is 2.20 bits per heavy atom. The van der Waals surface area contributed by atoms with E-state index in [0.29, 0.717) is 24.1 Å². The highest BCUT2D eigenvalue weighted by atomic mass is 16.5. The van der Waals surface area contributed by atoms with E-state index in [-0.39, 0.29) is 12.2 Å². The van der Waals surface area contributed by atoms with Gasteiger partial charge in [0.25, 0.3) is 0 Å². The lowest BCUT2D eigenvalue weighted by Gasteiger charge is -2.15. The Balaban J connectivity index is 3.34. The third-order valence-corrected chi connectivity index (χ3v) is 2.98. The first-order chi connectivity index (χ1) is 9.46. The molecule has 114 valence electrons. The summed E-state index contributed by atoms with van der Waals surface area (Å²) in [5.41, 5.74) is 1.03. The molecule has 0 saturated carbocycles. The average Bonchev–Trinajstić information content (AvgIpc) is 2.87. The van der Waals surface area contributed by atoms with Gasteiger partial charge in [-0.05, 0) is 40.2 Å². The summed E-state index contributed by atoms with van der Waals surface area (Å²) < 4.78 is 18.1. The van der Waals surface area contributed by atoms with Crippen molar-refractivity contribution in [3.63, 3.8) is 0 Å². The van der Waals surface area contributed by atoms with Gasteiger partial charge in [-0.1, -0.05) is 0 Å². The SMILES string of the molecule is CCOC(=C(C)C)n1nc(C(C)OC)nc1C(C)OC. The van der Waals surface area contributed by atoms with Gasteiger partial charge in [-0.2, -0.15) is 4.68 Å². The molecule has 1 rings (SSSR count). The van der Waals surface area contributed by atoms with Crippen molar-refractivity contribution in [2.75, 3.05) is 20.8 Å². The Labute approximate surface area is 120 Å². The first-order valence-corrected chi connectivity index (χ1v) is 6.79. The number of methoxy groups -OCH3 is 2. The molecule has 0 N–H and O–H groups in total. The summed E-state index contributed by atoms with van der Waals surface area (Å²) in [7, 11) is 3.28. The highest BCUT2D eigenvalue weighted by Gasteiger charge is 2.22. The molecule has 0 aliphatic heterocycles. The Kier molecular flexibility index (Phi) is 6.16. The van der Waals surface area contributed by atoms with E-state index >= 15 is 0 Å². The second kappa shape index (κ2) is 7.40. The Morgan fingerprint density at radius 1 is 1.15 bits per heavy atom. The van der Waals surface area contributed by atoms with Crippen molar-refractivity contribution in [1.29, 1.82) is 0 Å². The number of aromatic nitrogens is 3. The van der Waals surface area contributed by atoms with Crippen LogP contribution in [0, 0.1) is 0 Å². The monoisotopic (exact) mass is 283 g/mol. The minimum Gasteiger partial charge on any atom is -0.478 e. The van der Waals surface area contributed by atoms with E-state index in [9.17, 15) is 0 Å². The lowest BCUT2D eigenvalue weighted by Crippen LogP contribution is -2.12. The molecule has 0 spiro atoms. The number of nitrogens with zero attached hydrogens (tertiary/aromatic N) is 3. The fraction of sp³-hybridized carbons (Fsp3) is 0.714. The van der Waals surface area contributed by atoms with Crippen LogP contribution in [0.3, 0.4) is 0 Å². The van der Waals surface area contributed by atoms with Crippen LogP contribution < -0.4 is 0 Å². The first-order valence-electron chi connectivity index (χ1n) is 6.79. The minimum absolute atomic E-state index is 0.181. The molecule has 0 amide bonds.